The topological polar surface area (TPSA) is 21.3 Å². The lowest BCUT2D eigenvalue weighted by Gasteiger charge is -2.20. The summed E-state index contributed by atoms with van der Waals surface area (Å²) in [5.74, 6) is -0.456. The first-order chi connectivity index (χ1) is 10.1. The summed E-state index contributed by atoms with van der Waals surface area (Å²) >= 11 is 6.14. The zero-order valence-electron chi connectivity index (χ0n) is 11.4. The number of benzene rings is 2. The highest BCUT2D eigenvalue weighted by Gasteiger charge is 2.25. The lowest BCUT2D eigenvalue weighted by atomic mass is 9.95. The maximum atomic E-state index is 14.1. The molecule has 5 heteroatoms. The smallest absolute Gasteiger partial charge is 0.131 e. The third-order valence-electron chi connectivity index (χ3n) is 3.65. The first-order valence-electron chi connectivity index (χ1n) is 6.67. The van der Waals surface area contributed by atoms with Crippen molar-refractivity contribution >= 4 is 11.6 Å². The minimum Gasteiger partial charge on any atom is -0.493 e. The Hall–Kier alpha value is -1.65. The van der Waals surface area contributed by atoms with Crippen LogP contribution in [0.3, 0.4) is 0 Å². The second-order valence-corrected chi connectivity index (χ2v) is 5.41. The summed E-state index contributed by atoms with van der Waals surface area (Å²) in [5, 5.41) is 3.63. The standard InChI is InChI=1S/C16H14ClF2NO/c1-20-15(12-3-2-11(18)8-14(12)19)13-7-10(17)6-9-4-5-21-16(9)13/h2-3,6-8,15,20H,4-5H2,1H3. The van der Waals surface area contributed by atoms with Gasteiger partial charge in [0.25, 0.3) is 0 Å². The number of halogens is 3. The molecule has 2 nitrogen and oxygen atoms in total. The molecule has 0 aliphatic carbocycles. The summed E-state index contributed by atoms with van der Waals surface area (Å²) in [6.07, 6.45) is 0.783. The van der Waals surface area contributed by atoms with E-state index in [0.29, 0.717) is 17.2 Å². The van der Waals surface area contributed by atoms with Gasteiger partial charge in [-0.15, -0.1) is 0 Å². The first kappa shape index (κ1) is 14.3. The average molecular weight is 310 g/mol. The van der Waals surface area contributed by atoms with Gasteiger partial charge in [0.05, 0.1) is 12.6 Å². The van der Waals surface area contributed by atoms with Crippen LogP contribution in [0.4, 0.5) is 8.78 Å². The summed E-state index contributed by atoms with van der Waals surface area (Å²) in [6, 6.07) is 6.74. The normalized spacial score (nSPS) is 14.7. The number of hydrogen-bond donors (Lipinski definition) is 1. The molecule has 0 aromatic heterocycles. The number of rotatable bonds is 3. The molecule has 0 spiro atoms. The minimum atomic E-state index is -0.598. The monoisotopic (exact) mass is 309 g/mol. The van der Waals surface area contributed by atoms with Crippen molar-refractivity contribution in [1.82, 2.24) is 5.32 Å². The van der Waals surface area contributed by atoms with Crippen LogP contribution < -0.4 is 10.1 Å². The van der Waals surface area contributed by atoms with Gasteiger partial charge in [-0.3, -0.25) is 0 Å². The molecular weight excluding hydrogens is 296 g/mol. The average Bonchev–Trinajstić information content (AvgIpc) is 2.89. The second-order valence-electron chi connectivity index (χ2n) is 4.97. The third-order valence-corrected chi connectivity index (χ3v) is 3.87. The molecule has 0 saturated heterocycles. The van der Waals surface area contributed by atoms with Crippen LogP contribution in [0.2, 0.25) is 5.02 Å². The Labute approximate surface area is 126 Å². The molecule has 21 heavy (non-hydrogen) atoms. The largest absolute Gasteiger partial charge is 0.493 e. The van der Waals surface area contributed by atoms with Gasteiger partial charge in [-0.25, -0.2) is 8.78 Å². The van der Waals surface area contributed by atoms with Gasteiger partial charge in [-0.1, -0.05) is 17.7 Å². The van der Waals surface area contributed by atoms with E-state index in [1.54, 1.807) is 13.1 Å². The van der Waals surface area contributed by atoms with E-state index >= 15 is 0 Å². The van der Waals surface area contributed by atoms with Crippen molar-refractivity contribution in [1.29, 1.82) is 0 Å². The fraction of sp³-hybridized carbons (Fsp3) is 0.250. The van der Waals surface area contributed by atoms with Crippen molar-refractivity contribution < 1.29 is 13.5 Å². The molecule has 1 aliphatic heterocycles. The Balaban J connectivity index is 2.13. The van der Waals surface area contributed by atoms with Gasteiger partial charge < -0.3 is 10.1 Å². The van der Waals surface area contributed by atoms with Crippen molar-refractivity contribution in [2.45, 2.75) is 12.5 Å². The van der Waals surface area contributed by atoms with E-state index in [9.17, 15) is 8.78 Å². The number of hydrogen-bond acceptors (Lipinski definition) is 2. The molecule has 0 saturated carbocycles. The number of nitrogens with one attached hydrogen (secondary N) is 1. The zero-order chi connectivity index (χ0) is 15.0. The molecule has 1 N–H and O–H groups in total. The van der Waals surface area contributed by atoms with E-state index < -0.39 is 17.7 Å². The zero-order valence-corrected chi connectivity index (χ0v) is 12.2. The van der Waals surface area contributed by atoms with Crippen LogP contribution in [0.5, 0.6) is 5.75 Å². The Morgan fingerprint density at radius 3 is 2.71 bits per heavy atom. The molecule has 1 unspecified atom stereocenters. The summed E-state index contributed by atoms with van der Waals surface area (Å²) in [7, 11) is 1.72. The predicted molar refractivity (Wildman–Crippen MR) is 77.9 cm³/mol. The Morgan fingerprint density at radius 2 is 2.00 bits per heavy atom. The van der Waals surface area contributed by atoms with Crippen molar-refractivity contribution in [2.75, 3.05) is 13.7 Å². The highest BCUT2D eigenvalue weighted by molar-refractivity contribution is 6.30. The molecule has 0 radical (unpaired) electrons. The molecule has 2 aromatic rings. The molecule has 3 rings (SSSR count). The lowest BCUT2D eigenvalue weighted by molar-refractivity contribution is 0.350. The highest BCUT2D eigenvalue weighted by atomic mass is 35.5. The number of ether oxygens (including phenoxy) is 1. The van der Waals surface area contributed by atoms with Crippen molar-refractivity contribution in [2.24, 2.45) is 0 Å². The summed E-state index contributed by atoms with van der Waals surface area (Å²) < 4.78 is 32.8. The molecule has 0 amide bonds. The Kier molecular flexibility index (Phi) is 3.83. The van der Waals surface area contributed by atoms with Crippen LogP contribution in [0.15, 0.2) is 30.3 Å². The fourth-order valence-electron chi connectivity index (χ4n) is 2.73. The van der Waals surface area contributed by atoms with Crippen LogP contribution in [-0.4, -0.2) is 13.7 Å². The van der Waals surface area contributed by atoms with Gasteiger partial charge in [0.15, 0.2) is 0 Å². The first-order valence-corrected chi connectivity index (χ1v) is 7.05. The van der Waals surface area contributed by atoms with Crippen LogP contribution in [0.1, 0.15) is 22.7 Å². The highest BCUT2D eigenvalue weighted by Crippen LogP contribution is 2.39. The van der Waals surface area contributed by atoms with Gasteiger partial charge in [0.2, 0.25) is 0 Å². The summed E-state index contributed by atoms with van der Waals surface area (Å²) in [4.78, 5) is 0. The molecule has 110 valence electrons. The molecule has 1 heterocycles. The van der Waals surface area contributed by atoms with Gasteiger partial charge in [-0.2, -0.15) is 0 Å². The van der Waals surface area contributed by atoms with Crippen LogP contribution in [-0.2, 0) is 6.42 Å². The van der Waals surface area contributed by atoms with E-state index in [-0.39, 0.29) is 0 Å². The van der Waals surface area contributed by atoms with Gasteiger partial charge >= 0.3 is 0 Å². The van der Waals surface area contributed by atoms with Crippen LogP contribution >= 0.6 is 11.6 Å². The van der Waals surface area contributed by atoms with E-state index in [2.05, 4.69) is 5.32 Å². The quantitative estimate of drug-likeness (QED) is 0.929. The van der Waals surface area contributed by atoms with E-state index in [1.807, 2.05) is 6.07 Å². The maximum absolute atomic E-state index is 14.1. The predicted octanol–water partition coefficient (Wildman–Crippen LogP) is 3.86. The third kappa shape index (κ3) is 2.61. The van der Waals surface area contributed by atoms with Crippen LogP contribution in [0, 0.1) is 11.6 Å². The molecule has 2 aromatic carbocycles. The molecule has 1 aliphatic rings. The van der Waals surface area contributed by atoms with Gasteiger partial charge in [0.1, 0.15) is 17.4 Å². The molecule has 0 fully saturated rings. The van der Waals surface area contributed by atoms with Gasteiger partial charge in [0, 0.05) is 28.6 Å². The lowest BCUT2D eigenvalue weighted by Crippen LogP contribution is -2.20. The number of fused-ring (bicyclic) bond motifs is 1. The van der Waals surface area contributed by atoms with E-state index in [4.69, 9.17) is 16.3 Å². The second kappa shape index (κ2) is 5.62. The van der Waals surface area contributed by atoms with Crippen molar-refractivity contribution in [3.8, 4) is 5.75 Å². The molecule has 1 atom stereocenters. The summed E-state index contributed by atoms with van der Waals surface area (Å²) in [5.41, 5.74) is 2.14. The maximum Gasteiger partial charge on any atom is 0.131 e. The van der Waals surface area contributed by atoms with Gasteiger partial charge in [-0.05, 0) is 30.8 Å². The van der Waals surface area contributed by atoms with Crippen molar-refractivity contribution in [3.63, 3.8) is 0 Å². The SMILES string of the molecule is CNC(c1ccc(F)cc1F)c1cc(Cl)cc2c1OCC2. The molecular formula is C16H14ClF2NO. The minimum absolute atomic E-state index is 0.360. The van der Waals surface area contributed by atoms with Crippen LogP contribution in [0.25, 0.3) is 0 Å². The Morgan fingerprint density at radius 1 is 1.19 bits per heavy atom. The fourth-order valence-corrected chi connectivity index (χ4v) is 2.98. The Bertz CT molecular complexity index is 690. The molecule has 0 bridgehead atoms. The van der Waals surface area contributed by atoms with Crippen molar-refractivity contribution in [3.05, 3.63) is 63.7 Å². The van der Waals surface area contributed by atoms with E-state index in [1.165, 1.54) is 12.1 Å². The van der Waals surface area contributed by atoms with E-state index in [0.717, 1.165) is 29.4 Å². The summed E-state index contributed by atoms with van der Waals surface area (Å²) in [6.45, 7) is 0.588.